The Morgan fingerprint density at radius 3 is 2.23 bits per heavy atom. The molecule has 3 nitrogen and oxygen atoms in total. The standard InChI is InChI=1S/C10H12N3/c11-12-9-3-5-10(6-4-9)13-7-1-2-8-13/h3-6H,1-2,7-8H2/q+1. The molecule has 3 heteroatoms. The summed E-state index contributed by atoms with van der Waals surface area (Å²) < 4.78 is 0. The zero-order valence-electron chi connectivity index (χ0n) is 7.48. The lowest BCUT2D eigenvalue weighted by atomic mass is 10.2. The molecular formula is C10H12N3+. The van der Waals surface area contributed by atoms with E-state index in [1.807, 2.05) is 24.3 Å². The van der Waals surface area contributed by atoms with Gasteiger partial charge >= 0.3 is 5.69 Å². The van der Waals surface area contributed by atoms with Gasteiger partial charge < -0.3 is 4.90 Å². The van der Waals surface area contributed by atoms with Crippen molar-refractivity contribution in [2.75, 3.05) is 18.0 Å². The fourth-order valence-corrected chi connectivity index (χ4v) is 1.71. The van der Waals surface area contributed by atoms with Crippen LogP contribution in [0.2, 0.25) is 0 Å². The molecule has 1 aromatic carbocycles. The van der Waals surface area contributed by atoms with Crippen molar-refractivity contribution in [3.63, 3.8) is 0 Å². The van der Waals surface area contributed by atoms with Crippen LogP contribution >= 0.6 is 0 Å². The minimum Gasteiger partial charge on any atom is -0.372 e. The Morgan fingerprint density at radius 2 is 1.69 bits per heavy atom. The first kappa shape index (κ1) is 8.06. The lowest BCUT2D eigenvalue weighted by molar-refractivity contribution is 0.949. The molecule has 0 N–H and O–H groups in total. The van der Waals surface area contributed by atoms with Gasteiger partial charge in [0.25, 0.3) is 0 Å². The quantitative estimate of drug-likeness (QED) is 0.613. The van der Waals surface area contributed by atoms with Crippen LogP contribution in [-0.4, -0.2) is 13.1 Å². The molecule has 0 radical (unpaired) electrons. The van der Waals surface area contributed by atoms with Crippen molar-refractivity contribution in [3.8, 4) is 0 Å². The van der Waals surface area contributed by atoms with Crippen molar-refractivity contribution in [1.29, 1.82) is 5.39 Å². The molecule has 0 spiro atoms. The van der Waals surface area contributed by atoms with Crippen LogP contribution in [0.4, 0.5) is 11.4 Å². The monoisotopic (exact) mass is 174 g/mol. The summed E-state index contributed by atoms with van der Waals surface area (Å²) in [7, 11) is 0. The molecule has 2 rings (SSSR count). The van der Waals surface area contributed by atoms with Crippen LogP contribution in [0, 0.1) is 5.39 Å². The van der Waals surface area contributed by atoms with E-state index in [0.29, 0.717) is 5.69 Å². The molecule has 0 aliphatic carbocycles. The predicted octanol–water partition coefficient (Wildman–Crippen LogP) is 2.77. The normalized spacial score (nSPS) is 15.8. The molecule has 0 aromatic heterocycles. The molecule has 0 bridgehead atoms. The number of anilines is 1. The molecule has 0 saturated carbocycles. The highest BCUT2D eigenvalue weighted by Crippen LogP contribution is 2.22. The first-order valence-corrected chi connectivity index (χ1v) is 4.60. The smallest absolute Gasteiger partial charge is 0.372 e. The molecule has 1 aliphatic heterocycles. The molecule has 1 fully saturated rings. The van der Waals surface area contributed by atoms with Crippen LogP contribution in [-0.2, 0) is 0 Å². The zero-order chi connectivity index (χ0) is 9.10. The van der Waals surface area contributed by atoms with E-state index in [0.717, 1.165) is 13.1 Å². The highest BCUT2D eigenvalue weighted by atomic mass is 15.1. The molecule has 13 heavy (non-hydrogen) atoms. The largest absolute Gasteiger partial charge is 0.385 e. The van der Waals surface area contributed by atoms with Gasteiger partial charge in [-0.3, -0.25) is 0 Å². The summed E-state index contributed by atoms with van der Waals surface area (Å²) in [6.45, 7) is 2.30. The zero-order valence-corrected chi connectivity index (χ0v) is 7.48. The minimum absolute atomic E-state index is 0.614. The number of hydrogen-bond donors (Lipinski definition) is 0. The lowest BCUT2D eigenvalue weighted by Gasteiger charge is -2.16. The summed E-state index contributed by atoms with van der Waals surface area (Å²) >= 11 is 0. The van der Waals surface area contributed by atoms with Gasteiger partial charge in [-0.05, 0) is 25.0 Å². The van der Waals surface area contributed by atoms with Gasteiger partial charge in [0.15, 0.2) is 4.98 Å². The van der Waals surface area contributed by atoms with Crippen molar-refractivity contribution in [3.05, 3.63) is 29.2 Å². The Bertz CT molecular complexity index is 317. The number of nitrogens with zero attached hydrogens (tertiary/aromatic N) is 3. The lowest BCUT2D eigenvalue weighted by Crippen LogP contribution is -2.17. The average Bonchev–Trinajstić information content (AvgIpc) is 2.71. The van der Waals surface area contributed by atoms with E-state index in [4.69, 9.17) is 5.39 Å². The second kappa shape index (κ2) is 3.44. The van der Waals surface area contributed by atoms with E-state index in [1.165, 1.54) is 18.5 Å². The number of rotatable bonds is 1. The number of benzene rings is 1. The maximum Gasteiger partial charge on any atom is 0.385 e. The number of hydrogen-bond acceptors (Lipinski definition) is 2. The van der Waals surface area contributed by atoms with Gasteiger partial charge in [-0.2, -0.15) is 0 Å². The predicted molar refractivity (Wildman–Crippen MR) is 52.6 cm³/mol. The van der Waals surface area contributed by atoms with Gasteiger partial charge in [-0.15, -0.1) is 0 Å². The Labute approximate surface area is 77.6 Å². The van der Waals surface area contributed by atoms with Crippen molar-refractivity contribution in [2.24, 2.45) is 0 Å². The van der Waals surface area contributed by atoms with Gasteiger partial charge in [-0.25, -0.2) is 0 Å². The van der Waals surface area contributed by atoms with Crippen LogP contribution in [0.15, 0.2) is 24.3 Å². The van der Waals surface area contributed by atoms with E-state index in [-0.39, 0.29) is 0 Å². The van der Waals surface area contributed by atoms with Crippen molar-refractivity contribution in [2.45, 2.75) is 12.8 Å². The Kier molecular flexibility index (Phi) is 2.13. The van der Waals surface area contributed by atoms with E-state index in [1.54, 1.807) is 0 Å². The van der Waals surface area contributed by atoms with Gasteiger partial charge in [0, 0.05) is 30.9 Å². The van der Waals surface area contributed by atoms with Crippen LogP contribution in [0.1, 0.15) is 12.8 Å². The fraction of sp³-hybridized carbons (Fsp3) is 0.400. The Morgan fingerprint density at radius 1 is 1.08 bits per heavy atom. The average molecular weight is 174 g/mol. The second-order valence-electron chi connectivity index (χ2n) is 3.31. The third-order valence-electron chi connectivity index (χ3n) is 2.44. The van der Waals surface area contributed by atoms with E-state index in [2.05, 4.69) is 9.88 Å². The van der Waals surface area contributed by atoms with E-state index < -0.39 is 0 Å². The van der Waals surface area contributed by atoms with Gasteiger partial charge in [-0.1, -0.05) is 0 Å². The summed E-state index contributed by atoms with van der Waals surface area (Å²) in [5, 5.41) is 8.51. The molecule has 0 unspecified atom stereocenters. The summed E-state index contributed by atoms with van der Waals surface area (Å²) in [5.74, 6) is 0. The van der Waals surface area contributed by atoms with Crippen molar-refractivity contribution in [1.82, 2.24) is 0 Å². The maximum absolute atomic E-state index is 8.51. The summed E-state index contributed by atoms with van der Waals surface area (Å²) in [5.41, 5.74) is 1.84. The Hall–Kier alpha value is -1.56. The highest BCUT2D eigenvalue weighted by Gasteiger charge is 2.13. The first-order chi connectivity index (χ1) is 6.40. The van der Waals surface area contributed by atoms with Crippen LogP contribution in [0.5, 0.6) is 0 Å². The molecule has 66 valence electrons. The molecular weight excluding hydrogens is 162 g/mol. The van der Waals surface area contributed by atoms with Crippen molar-refractivity contribution >= 4 is 11.4 Å². The van der Waals surface area contributed by atoms with E-state index in [9.17, 15) is 0 Å². The first-order valence-electron chi connectivity index (χ1n) is 4.60. The fourth-order valence-electron chi connectivity index (χ4n) is 1.71. The third kappa shape index (κ3) is 1.62. The molecule has 0 amide bonds. The van der Waals surface area contributed by atoms with Gasteiger partial charge in [0.2, 0.25) is 5.39 Å². The third-order valence-corrected chi connectivity index (χ3v) is 2.44. The topological polar surface area (TPSA) is 31.4 Å². The van der Waals surface area contributed by atoms with Gasteiger partial charge in [0.05, 0.1) is 0 Å². The molecule has 1 heterocycles. The minimum atomic E-state index is 0.614. The SMILES string of the molecule is N#[N+]c1ccc(N2CCCC2)cc1. The van der Waals surface area contributed by atoms with Crippen LogP contribution < -0.4 is 4.90 Å². The van der Waals surface area contributed by atoms with Crippen LogP contribution in [0.3, 0.4) is 0 Å². The second-order valence-corrected chi connectivity index (χ2v) is 3.31. The van der Waals surface area contributed by atoms with E-state index >= 15 is 0 Å². The van der Waals surface area contributed by atoms with Crippen LogP contribution in [0.25, 0.3) is 4.98 Å². The molecule has 0 atom stereocenters. The Balaban J connectivity index is 2.18. The highest BCUT2D eigenvalue weighted by molar-refractivity contribution is 5.55. The van der Waals surface area contributed by atoms with Gasteiger partial charge in [0.1, 0.15) is 0 Å². The maximum atomic E-state index is 8.51. The number of diazo groups is 1. The van der Waals surface area contributed by atoms with Crippen molar-refractivity contribution < 1.29 is 0 Å². The summed E-state index contributed by atoms with van der Waals surface area (Å²) in [6.07, 6.45) is 2.57. The molecule has 1 aliphatic rings. The summed E-state index contributed by atoms with van der Waals surface area (Å²) in [6, 6.07) is 7.65. The molecule has 1 aromatic rings. The summed E-state index contributed by atoms with van der Waals surface area (Å²) in [4.78, 5) is 5.47. The molecule has 1 saturated heterocycles.